The largest absolute Gasteiger partial charge is 1.00 e. The van der Waals surface area contributed by atoms with Gasteiger partial charge in [-0.05, 0) is 0 Å². The molecule has 0 saturated carbocycles. The molecule has 0 fully saturated rings. The maximum Gasteiger partial charge on any atom is 1.00 e. The maximum absolute atomic E-state index is 6.25. The number of rotatable bonds is 0. The summed E-state index contributed by atoms with van der Waals surface area (Å²) in [6.45, 7) is 4.75. The van der Waals surface area contributed by atoms with Crippen LogP contribution >= 0.6 is 0 Å². The van der Waals surface area contributed by atoms with Gasteiger partial charge in [0.15, 0.2) is 0 Å². The molecule has 7 nitrogen and oxygen atoms in total. The van der Waals surface area contributed by atoms with Crippen molar-refractivity contribution in [3.05, 3.63) is 6.57 Å². The normalized spacial score (nSPS) is 0.200. The van der Waals surface area contributed by atoms with Crippen molar-refractivity contribution in [1.82, 2.24) is 0 Å². The molecule has 0 aromatic carbocycles. The van der Waals surface area contributed by atoms with Gasteiger partial charge < -0.3 is 46.1 Å². The molecule has 0 rings (SSSR count). The molecule has 0 aliphatic heterocycles. The molecule has 0 aliphatic rings. The Hall–Kier alpha value is 1.41. The molecule has 0 amide bonds. The van der Waals surface area contributed by atoms with Crippen LogP contribution in [0.1, 0.15) is 1.43 Å². The van der Waals surface area contributed by atoms with Crippen molar-refractivity contribution in [2.45, 2.75) is 0 Å². The molecule has 68 valence electrons. The van der Waals surface area contributed by atoms with E-state index < -0.39 is 0 Å². The minimum atomic E-state index is 0. The summed E-state index contributed by atoms with van der Waals surface area (Å²) >= 11 is 0. The molecule has 0 saturated heterocycles. The summed E-state index contributed by atoms with van der Waals surface area (Å²) in [5.74, 6) is 0. The Morgan fingerprint density at radius 2 is 0.700 bits per heavy atom. The van der Waals surface area contributed by atoms with E-state index in [4.69, 9.17) is 11.8 Å². The van der Waals surface area contributed by atoms with Gasteiger partial charge in [-0.3, -0.25) is 0 Å². The second-order valence-corrected chi connectivity index (χ2v) is 0. The van der Waals surface area contributed by atoms with Crippen LogP contribution in [0.2, 0.25) is 0 Å². The van der Waals surface area contributed by atoms with Crippen LogP contribution in [-0.2, 0) is 17.1 Å². The van der Waals surface area contributed by atoms with Gasteiger partial charge in [0.2, 0.25) is 0 Å². The number of nitrogens with zero attached hydrogens (tertiary/aromatic N) is 1. The first-order chi connectivity index (χ1) is 1.00. The van der Waals surface area contributed by atoms with Gasteiger partial charge in [-0.25, -0.2) is 0 Å². The number of hydrogen-bond acceptors (Lipinski definition) is 1. The van der Waals surface area contributed by atoms with Crippen LogP contribution in [0.4, 0.5) is 0 Å². The van der Waals surface area contributed by atoms with Crippen molar-refractivity contribution in [2.75, 3.05) is 0 Å². The Bertz CT molecular complexity index is 27.3. The van der Waals surface area contributed by atoms with E-state index in [1.807, 2.05) is 0 Å². The van der Waals surface area contributed by atoms with E-state index in [1.165, 1.54) is 0 Å². The molecule has 0 aliphatic carbocycles. The van der Waals surface area contributed by atoms with Gasteiger partial charge in [0.25, 0.3) is 0 Å². The summed E-state index contributed by atoms with van der Waals surface area (Å²) in [7, 11) is 0. The zero-order chi connectivity index (χ0) is 2.00. The Balaban J connectivity index is -0.000000000139. The molecule has 0 aromatic heterocycles. The molecule has 0 spiro atoms. The summed E-state index contributed by atoms with van der Waals surface area (Å²) in [4.78, 5) is 0. The monoisotopic (exact) mass is 230 g/mol. The average Bonchev–Trinajstić information content (AvgIpc) is 1.00. The molecule has 0 atom stereocenters. The summed E-state index contributed by atoms with van der Waals surface area (Å²) in [6, 6.07) is 0. The molecular formula is CH13FeKNO6-. The van der Waals surface area contributed by atoms with Crippen LogP contribution in [0.25, 0.3) is 0 Å². The molecule has 9 heteroatoms. The SMILES string of the molecule is O.O.O.O.O.O.[C-]#N.[Fe].[H-].[K+]. The van der Waals surface area contributed by atoms with Gasteiger partial charge >= 0.3 is 51.4 Å². The third kappa shape index (κ3) is 336. The van der Waals surface area contributed by atoms with Gasteiger partial charge in [0, 0.05) is 17.1 Å². The van der Waals surface area contributed by atoms with Crippen molar-refractivity contribution < 1.29 is 103 Å². The second-order valence-electron chi connectivity index (χ2n) is 0. The fourth-order valence-electron chi connectivity index (χ4n) is 0. The first-order valence-electron chi connectivity index (χ1n) is 0.224. The number of hydrogen-bond donors (Lipinski definition) is 0. The summed E-state index contributed by atoms with van der Waals surface area (Å²) in [5, 5.41) is 6.25. The van der Waals surface area contributed by atoms with E-state index >= 15 is 0 Å². The Morgan fingerprint density at radius 3 is 0.700 bits per heavy atom. The van der Waals surface area contributed by atoms with E-state index in [9.17, 15) is 0 Å². The van der Waals surface area contributed by atoms with Gasteiger partial charge in [-0.1, -0.05) is 0 Å². The first-order valence-corrected chi connectivity index (χ1v) is 0.224. The Morgan fingerprint density at radius 1 is 0.700 bits per heavy atom. The van der Waals surface area contributed by atoms with Gasteiger partial charge in [0.05, 0.1) is 0 Å². The second kappa shape index (κ2) is 466. The minimum Gasteiger partial charge on any atom is -1.00 e. The zero-order valence-corrected chi connectivity index (χ0v) is 9.53. The van der Waals surface area contributed by atoms with Crippen molar-refractivity contribution in [2.24, 2.45) is 0 Å². The van der Waals surface area contributed by atoms with Crippen LogP contribution in [0.15, 0.2) is 0 Å². The molecule has 10 heavy (non-hydrogen) atoms. The molecular weight excluding hydrogens is 217 g/mol. The van der Waals surface area contributed by atoms with Crippen LogP contribution in [0.3, 0.4) is 0 Å². The van der Waals surface area contributed by atoms with E-state index in [-0.39, 0.29) is 103 Å². The van der Waals surface area contributed by atoms with Crippen LogP contribution < -0.4 is 51.4 Å². The van der Waals surface area contributed by atoms with Crippen molar-refractivity contribution >= 4 is 0 Å². The predicted octanol–water partition coefficient (Wildman–Crippen LogP) is -7.74. The molecule has 0 aromatic rings. The fraction of sp³-hybridized carbons (Fsp3) is 0. The van der Waals surface area contributed by atoms with Crippen molar-refractivity contribution in [3.8, 4) is 0 Å². The Labute approximate surface area is 113 Å². The zero-order valence-electron chi connectivity index (χ0n) is 6.30. The Kier molecular flexibility index (Phi) is 9940. The molecule has 0 heterocycles. The fourth-order valence-corrected chi connectivity index (χ4v) is 0. The molecule has 0 bridgehead atoms. The minimum absolute atomic E-state index is 0. The van der Waals surface area contributed by atoms with Crippen molar-refractivity contribution in [1.29, 1.82) is 5.26 Å². The first kappa shape index (κ1) is 213. The molecule has 0 unspecified atom stereocenters. The third-order valence-electron chi connectivity index (χ3n) is 0. The molecule has 12 N–H and O–H groups in total. The van der Waals surface area contributed by atoms with Gasteiger partial charge in [-0.2, -0.15) is 0 Å². The van der Waals surface area contributed by atoms with Crippen LogP contribution in [0.5, 0.6) is 0 Å². The van der Waals surface area contributed by atoms with E-state index in [2.05, 4.69) is 0 Å². The van der Waals surface area contributed by atoms with Crippen LogP contribution in [0, 0.1) is 11.8 Å². The topological polar surface area (TPSA) is 213 Å². The summed E-state index contributed by atoms with van der Waals surface area (Å²) in [6.07, 6.45) is 0. The molecule has 0 radical (unpaired) electrons. The van der Waals surface area contributed by atoms with E-state index in [1.54, 1.807) is 0 Å². The smallest absolute Gasteiger partial charge is 1.00 e. The van der Waals surface area contributed by atoms with Gasteiger partial charge in [0.1, 0.15) is 0 Å². The maximum atomic E-state index is 6.25. The van der Waals surface area contributed by atoms with E-state index in [0.29, 0.717) is 0 Å². The average molecular weight is 230 g/mol. The third-order valence-corrected chi connectivity index (χ3v) is 0. The van der Waals surface area contributed by atoms with E-state index in [0.717, 1.165) is 0 Å². The van der Waals surface area contributed by atoms with Crippen LogP contribution in [-0.4, -0.2) is 32.9 Å². The summed E-state index contributed by atoms with van der Waals surface area (Å²) < 4.78 is 0. The van der Waals surface area contributed by atoms with Gasteiger partial charge in [-0.15, -0.1) is 0 Å². The quantitative estimate of drug-likeness (QED) is 0.287. The summed E-state index contributed by atoms with van der Waals surface area (Å²) in [5.41, 5.74) is 0. The standard InChI is InChI=1S/CN.Fe.K.6H2O.H/c1-2;;;;;;;;;/h;;;6*1H2;/q-1;;+1;;;;;;;-1. The van der Waals surface area contributed by atoms with Crippen molar-refractivity contribution in [3.63, 3.8) is 0 Å². The predicted molar refractivity (Wildman–Crippen MR) is 27.8 cm³/mol.